The average molecular weight is 165 g/mol. The Kier molecular flexibility index (Phi) is 1.93. The number of hydrogen-bond acceptors (Lipinski definition) is 2. The van der Waals surface area contributed by atoms with Crippen molar-refractivity contribution in [3.63, 3.8) is 0 Å². The van der Waals surface area contributed by atoms with Crippen LogP contribution < -0.4 is 11.2 Å². The van der Waals surface area contributed by atoms with Gasteiger partial charge in [-0.3, -0.25) is 4.98 Å². The van der Waals surface area contributed by atoms with E-state index < -0.39 is 0 Å². The SMILES string of the molecule is [B]c1nc(-c2ccccn2)[nH]c1[B]. The Bertz CT molecular complexity index is 391. The van der Waals surface area contributed by atoms with Crippen LogP contribution >= 0.6 is 0 Å². The monoisotopic (exact) mass is 165 g/mol. The molecule has 0 aliphatic carbocycles. The number of aromatic amines is 1. The lowest BCUT2D eigenvalue weighted by molar-refractivity contribution is 1.23. The van der Waals surface area contributed by atoms with Crippen LogP contribution in [-0.2, 0) is 0 Å². The lowest BCUT2D eigenvalue weighted by Crippen LogP contribution is -2.24. The Morgan fingerprint density at radius 1 is 1.23 bits per heavy atom. The summed E-state index contributed by atoms with van der Waals surface area (Å²) in [7, 11) is 11.0. The molecule has 0 aliphatic heterocycles. The lowest BCUT2D eigenvalue weighted by atomic mass is 9.92. The number of imidazole rings is 1. The highest BCUT2D eigenvalue weighted by molar-refractivity contribution is 6.46. The summed E-state index contributed by atoms with van der Waals surface area (Å²) in [5.41, 5.74) is 1.41. The van der Waals surface area contributed by atoms with Crippen molar-refractivity contribution in [3.8, 4) is 11.5 Å². The topological polar surface area (TPSA) is 41.6 Å². The normalized spacial score (nSPS) is 10.2. The Morgan fingerprint density at radius 3 is 2.62 bits per heavy atom. The first-order valence-corrected chi connectivity index (χ1v) is 3.80. The summed E-state index contributed by atoms with van der Waals surface area (Å²) >= 11 is 0. The fourth-order valence-electron chi connectivity index (χ4n) is 1.02. The van der Waals surface area contributed by atoms with Crippen LogP contribution in [0, 0.1) is 0 Å². The highest BCUT2D eigenvalue weighted by atomic mass is 14.9. The highest BCUT2D eigenvalue weighted by Crippen LogP contribution is 2.06. The summed E-state index contributed by atoms with van der Waals surface area (Å²) in [5.74, 6) is 0.593. The van der Waals surface area contributed by atoms with E-state index in [1.54, 1.807) is 6.20 Å². The molecule has 4 radical (unpaired) electrons. The maximum atomic E-state index is 5.51. The van der Waals surface area contributed by atoms with Gasteiger partial charge in [0.25, 0.3) is 0 Å². The van der Waals surface area contributed by atoms with Crippen molar-refractivity contribution >= 4 is 26.9 Å². The van der Waals surface area contributed by atoms with E-state index in [0.717, 1.165) is 5.69 Å². The number of hydrogen-bond donors (Lipinski definition) is 1. The summed E-state index contributed by atoms with van der Waals surface area (Å²) in [4.78, 5) is 11.0. The van der Waals surface area contributed by atoms with Crippen LogP contribution in [-0.4, -0.2) is 30.6 Å². The maximum Gasteiger partial charge on any atom is 0.154 e. The molecule has 0 bridgehead atoms. The Balaban J connectivity index is 2.48. The molecule has 2 aromatic heterocycles. The smallest absolute Gasteiger partial charge is 0.154 e. The van der Waals surface area contributed by atoms with Gasteiger partial charge in [0.05, 0.1) is 0 Å². The molecule has 0 unspecified atom stereocenters. The van der Waals surface area contributed by atoms with Crippen molar-refractivity contribution in [2.75, 3.05) is 0 Å². The predicted octanol–water partition coefficient (Wildman–Crippen LogP) is -0.941. The van der Waals surface area contributed by atoms with Gasteiger partial charge in [0, 0.05) is 6.20 Å². The number of H-pyrrole nitrogens is 1. The van der Waals surface area contributed by atoms with Crippen LogP contribution in [0.4, 0.5) is 0 Å². The van der Waals surface area contributed by atoms with Crippen LogP contribution in [0.25, 0.3) is 11.5 Å². The molecule has 13 heavy (non-hydrogen) atoms. The van der Waals surface area contributed by atoms with E-state index in [4.69, 9.17) is 15.7 Å². The molecule has 0 saturated heterocycles. The molecule has 2 rings (SSSR count). The molecule has 0 fully saturated rings. The molecule has 1 N–H and O–H groups in total. The third-order valence-electron chi connectivity index (χ3n) is 1.67. The second-order valence-corrected chi connectivity index (χ2v) is 2.60. The van der Waals surface area contributed by atoms with Crippen LogP contribution in [0.15, 0.2) is 24.4 Å². The molecule has 0 amide bonds. The number of nitrogens with one attached hydrogen (secondary N) is 1. The van der Waals surface area contributed by atoms with Crippen molar-refractivity contribution in [1.29, 1.82) is 0 Å². The number of pyridine rings is 1. The third kappa shape index (κ3) is 1.49. The molecule has 0 aliphatic rings. The maximum absolute atomic E-state index is 5.51. The van der Waals surface area contributed by atoms with E-state index in [2.05, 4.69) is 15.0 Å². The van der Waals surface area contributed by atoms with E-state index in [0.29, 0.717) is 17.0 Å². The fraction of sp³-hybridized carbons (Fsp3) is 0. The molecule has 2 heterocycles. The van der Waals surface area contributed by atoms with Gasteiger partial charge in [-0.1, -0.05) is 6.07 Å². The van der Waals surface area contributed by atoms with Crippen LogP contribution in [0.5, 0.6) is 0 Å². The molecule has 0 atom stereocenters. The minimum absolute atomic E-state index is 0.306. The van der Waals surface area contributed by atoms with E-state index in [1.807, 2.05) is 18.2 Å². The Labute approximate surface area is 78.4 Å². The first kappa shape index (κ1) is 8.10. The van der Waals surface area contributed by atoms with Gasteiger partial charge in [-0.05, 0) is 23.3 Å². The summed E-state index contributed by atoms with van der Waals surface area (Å²) in [6.45, 7) is 0. The molecule has 5 heteroatoms. The van der Waals surface area contributed by atoms with Gasteiger partial charge in [0.2, 0.25) is 0 Å². The summed E-state index contributed by atoms with van der Waals surface area (Å²) in [6, 6.07) is 5.54. The van der Waals surface area contributed by atoms with Gasteiger partial charge in [0.1, 0.15) is 21.4 Å². The summed E-state index contributed by atoms with van der Waals surface area (Å²) in [5, 5.41) is 0. The van der Waals surface area contributed by atoms with E-state index in [-0.39, 0.29) is 0 Å². The minimum atomic E-state index is 0.306. The summed E-state index contributed by atoms with van der Waals surface area (Å²) < 4.78 is 0. The standard InChI is InChI=1S/C8H5B2N3/c9-6-7(10)13-8(12-6)5-3-1-2-4-11-5/h1-4H,(H,12,13). The van der Waals surface area contributed by atoms with Crippen molar-refractivity contribution in [1.82, 2.24) is 15.0 Å². The van der Waals surface area contributed by atoms with Gasteiger partial charge in [-0.2, -0.15) is 0 Å². The lowest BCUT2D eigenvalue weighted by Gasteiger charge is -1.92. The largest absolute Gasteiger partial charge is 0.351 e. The first-order chi connectivity index (χ1) is 6.27. The molecule has 0 aromatic carbocycles. The zero-order chi connectivity index (χ0) is 9.26. The second-order valence-electron chi connectivity index (χ2n) is 2.60. The van der Waals surface area contributed by atoms with Crippen LogP contribution in [0.2, 0.25) is 0 Å². The van der Waals surface area contributed by atoms with Gasteiger partial charge in [-0.25, -0.2) is 4.98 Å². The Morgan fingerprint density at radius 2 is 2.08 bits per heavy atom. The zero-order valence-electron chi connectivity index (χ0n) is 6.86. The average Bonchev–Trinajstić information content (AvgIpc) is 2.49. The minimum Gasteiger partial charge on any atom is -0.351 e. The van der Waals surface area contributed by atoms with Crippen LogP contribution in [0.1, 0.15) is 0 Å². The quantitative estimate of drug-likeness (QED) is 0.553. The molecule has 58 valence electrons. The molecule has 3 nitrogen and oxygen atoms in total. The predicted molar refractivity (Wildman–Crippen MR) is 52.6 cm³/mol. The van der Waals surface area contributed by atoms with Gasteiger partial charge in [0.15, 0.2) is 5.82 Å². The Hall–Kier alpha value is -1.51. The number of rotatable bonds is 1. The molecule has 2 aromatic rings. The molecule has 0 spiro atoms. The van der Waals surface area contributed by atoms with Crippen LogP contribution in [0.3, 0.4) is 0 Å². The fourth-order valence-corrected chi connectivity index (χ4v) is 1.02. The number of aromatic nitrogens is 3. The van der Waals surface area contributed by atoms with Gasteiger partial charge < -0.3 is 4.98 Å². The van der Waals surface area contributed by atoms with Crippen molar-refractivity contribution < 1.29 is 0 Å². The highest BCUT2D eigenvalue weighted by Gasteiger charge is 2.03. The van der Waals surface area contributed by atoms with E-state index >= 15 is 0 Å². The second kappa shape index (κ2) is 3.09. The van der Waals surface area contributed by atoms with E-state index in [1.165, 1.54) is 0 Å². The number of nitrogens with zero attached hydrogens (tertiary/aromatic N) is 2. The first-order valence-electron chi connectivity index (χ1n) is 3.80. The van der Waals surface area contributed by atoms with Crippen molar-refractivity contribution in [3.05, 3.63) is 24.4 Å². The zero-order valence-corrected chi connectivity index (χ0v) is 6.86. The van der Waals surface area contributed by atoms with Crippen molar-refractivity contribution in [2.24, 2.45) is 0 Å². The third-order valence-corrected chi connectivity index (χ3v) is 1.67. The summed E-state index contributed by atoms with van der Waals surface area (Å²) in [6.07, 6.45) is 1.68. The van der Waals surface area contributed by atoms with Gasteiger partial charge in [-0.15, -0.1) is 0 Å². The molecule has 0 saturated carbocycles. The van der Waals surface area contributed by atoms with E-state index in [9.17, 15) is 0 Å². The molecular formula is C8H5B2N3. The van der Waals surface area contributed by atoms with Gasteiger partial charge >= 0.3 is 0 Å². The molecular weight excluding hydrogens is 160 g/mol. The van der Waals surface area contributed by atoms with Crippen molar-refractivity contribution in [2.45, 2.75) is 0 Å².